The molecular weight excluding hydrogens is 240 g/mol. The number of amides is 2. The number of rotatable bonds is 5. The van der Waals surface area contributed by atoms with Crippen molar-refractivity contribution in [2.24, 2.45) is 0 Å². The second-order valence-electron chi connectivity index (χ2n) is 3.37. The molecule has 18 heavy (non-hydrogen) atoms. The largest absolute Gasteiger partial charge is 0.479 e. The molecule has 0 saturated carbocycles. The van der Waals surface area contributed by atoms with E-state index >= 15 is 0 Å². The Morgan fingerprint density at radius 2 is 1.83 bits per heavy atom. The molecule has 0 atom stereocenters. The highest BCUT2D eigenvalue weighted by molar-refractivity contribution is 5.95. The van der Waals surface area contributed by atoms with Crippen molar-refractivity contribution in [3.8, 4) is 0 Å². The Morgan fingerprint density at radius 3 is 2.33 bits per heavy atom. The number of anilines is 1. The van der Waals surface area contributed by atoms with Crippen LogP contribution < -0.4 is 10.8 Å². The number of hydrogen-bond donors (Lipinski definition) is 3. The van der Waals surface area contributed by atoms with Crippen LogP contribution in [0.1, 0.15) is 17.3 Å². The Bertz CT molecular complexity index is 455. The van der Waals surface area contributed by atoms with Crippen molar-refractivity contribution in [2.45, 2.75) is 6.92 Å². The van der Waals surface area contributed by atoms with E-state index in [1.165, 1.54) is 6.92 Å². The summed E-state index contributed by atoms with van der Waals surface area (Å²) in [4.78, 5) is 36.7. The molecule has 0 saturated heterocycles. The number of hydroxylamine groups is 1. The minimum absolute atomic E-state index is 0.0733. The van der Waals surface area contributed by atoms with Gasteiger partial charge < -0.3 is 10.4 Å². The first-order valence-electron chi connectivity index (χ1n) is 5.00. The van der Waals surface area contributed by atoms with Crippen molar-refractivity contribution in [1.29, 1.82) is 0 Å². The number of urea groups is 1. The molecule has 0 heterocycles. The summed E-state index contributed by atoms with van der Waals surface area (Å²) in [6.45, 7) is 0.811. The van der Waals surface area contributed by atoms with E-state index in [1.54, 1.807) is 24.3 Å². The van der Waals surface area contributed by atoms with Gasteiger partial charge in [-0.2, -0.15) is 0 Å². The van der Waals surface area contributed by atoms with Crippen molar-refractivity contribution in [3.05, 3.63) is 29.8 Å². The minimum Gasteiger partial charge on any atom is -0.479 e. The van der Waals surface area contributed by atoms with Gasteiger partial charge in [0.1, 0.15) is 0 Å². The van der Waals surface area contributed by atoms with E-state index in [1.807, 2.05) is 5.48 Å². The molecule has 0 aliphatic heterocycles. The van der Waals surface area contributed by atoms with Crippen LogP contribution in [-0.4, -0.2) is 29.5 Å². The minimum atomic E-state index is -1.19. The molecule has 1 aromatic carbocycles. The van der Waals surface area contributed by atoms with E-state index in [9.17, 15) is 14.4 Å². The number of aliphatic carboxylic acids is 1. The number of carbonyl (C=O) groups excluding carboxylic acids is 2. The van der Waals surface area contributed by atoms with Crippen LogP contribution in [0.25, 0.3) is 0 Å². The quantitative estimate of drug-likeness (QED) is 0.536. The summed E-state index contributed by atoms with van der Waals surface area (Å²) < 4.78 is 0. The monoisotopic (exact) mass is 252 g/mol. The lowest BCUT2D eigenvalue weighted by Gasteiger charge is -2.06. The number of carbonyl (C=O) groups is 3. The van der Waals surface area contributed by atoms with E-state index in [2.05, 4.69) is 10.2 Å². The first-order valence-corrected chi connectivity index (χ1v) is 5.00. The van der Waals surface area contributed by atoms with Gasteiger partial charge in [-0.05, 0) is 31.2 Å². The van der Waals surface area contributed by atoms with Gasteiger partial charge in [-0.1, -0.05) is 0 Å². The summed E-state index contributed by atoms with van der Waals surface area (Å²) in [6, 6.07) is 5.53. The highest BCUT2D eigenvalue weighted by atomic mass is 16.7. The molecule has 0 aliphatic rings. The van der Waals surface area contributed by atoms with Gasteiger partial charge in [0.2, 0.25) is 0 Å². The number of Topliss-reactive ketones (excluding diaryl/α,β-unsaturated/α-hetero) is 1. The first-order chi connectivity index (χ1) is 8.49. The maximum Gasteiger partial charge on any atom is 0.343 e. The third-order valence-corrected chi connectivity index (χ3v) is 1.91. The molecule has 0 fully saturated rings. The summed E-state index contributed by atoms with van der Waals surface area (Å²) in [6.07, 6.45) is 0. The molecule has 0 radical (unpaired) electrons. The van der Waals surface area contributed by atoms with Crippen LogP contribution in [0, 0.1) is 0 Å². The van der Waals surface area contributed by atoms with Gasteiger partial charge in [0.15, 0.2) is 12.4 Å². The zero-order valence-electron chi connectivity index (χ0n) is 9.60. The number of hydrogen-bond acceptors (Lipinski definition) is 4. The summed E-state index contributed by atoms with van der Waals surface area (Å²) >= 11 is 0. The molecule has 0 unspecified atom stereocenters. The van der Waals surface area contributed by atoms with Gasteiger partial charge in [-0.25, -0.2) is 15.1 Å². The number of ketones is 1. The molecule has 0 spiro atoms. The molecule has 2 amide bonds. The van der Waals surface area contributed by atoms with Crippen LogP contribution >= 0.6 is 0 Å². The second kappa shape index (κ2) is 6.36. The molecule has 1 rings (SSSR count). The fourth-order valence-corrected chi connectivity index (χ4v) is 1.11. The molecular formula is C11H12N2O5. The highest BCUT2D eigenvalue weighted by Gasteiger charge is 2.04. The molecule has 0 aromatic heterocycles. The maximum atomic E-state index is 11.2. The van der Waals surface area contributed by atoms with E-state index < -0.39 is 18.6 Å². The van der Waals surface area contributed by atoms with Crippen LogP contribution in [0.2, 0.25) is 0 Å². The van der Waals surface area contributed by atoms with E-state index in [0.717, 1.165) is 0 Å². The Balaban J connectivity index is 2.44. The van der Waals surface area contributed by atoms with Crippen LogP contribution in [0.15, 0.2) is 24.3 Å². The number of nitrogens with one attached hydrogen (secondary N) is 2. The predicted molar refractivity (Wildman–Crippen MR) is 62.2 cm³/mol. The number of carboxylic acid groups (broad SMARTS) is 1. The fourth-order valence-electron chi connectivity index (χ4n) is 1.11. The van der Waals surface area contributed by atoms with Gasteiger partial charge in [0.25, 0.3) is 0 Å². The zero-order chi connectivity index (χ0) is 13.5. The van der Waals surface area contributed by atoms with Crippen LogP contribution in [0.4, 0.5) is 10.5 Å². The number of benzene rings is 1. The van der Waals surface area contributed by atoms with Crippen LogP contribution in [0.3, 0.4) is 0 Å². The topological polar surface area (TPSA) is 105 Å². The SMILES string of the molecule is CC(=O)c1ccc(NC(=O)NOCC(=O)O)cc1. The molecule has 0 aliphatic carbocycles. The smallest absolute Gasteiger partial charge is 0.343 e. The average molecular weight is 252 g/mol. The lowest BCUT2D eigenvalue weighted by molar-refractivity contribution is -0.143. The Morgan fingerprint density at radius 1 is 1.22 bits per heavy atom. The van der Waals surface area contributed by atoms with E-state index in [-0.39, 0.29) is 5.78 Å². The summed E-state index contributed by atoms with van der Waals surface area (Å²) in [5, 5.41) is 10.7. The van der Waals surface area contributed by atoms with Crippen molar-refractivity contribution >= 4 is 23.5 Å². The standard InChI is InChI=1S/C11H12N2O5/c1-7(14)8-2-4-9(5-3-8)12-11(17)13-18-6-10(15)16/h2-5H,6H2,1H3,(H,15,16)(H2,12,13,17). The van der Waals surface area contributed by atoms with Crippen LogP contribution in [-0.2, 0) is 9.63 Å². The van der Waals surface area contributed by atoms with Crippen LogP contribution in [0.5, 0.6) is 0 Å². The molecule has 1 aromatic rings. The Labute approximate surface area is 103 Å². The summed E-state index contributed by atoms with van der Waals surface area (Å²) in [7, 11) is 0. The van der Waals surface area contributed by atoms with Gasteiger partial charge in [0, 0.05) is 11.3 Å². The molecule has 7 heteroatoms. The maximum absolute atomic E-state index is 11.2. The predicted octanol–water partition coefficient (Wildman–Crippen LogP) is 1.03. The summed E-state index contributed by atoms with van der Waals surface area (Å²) in [5.41, 5.74) is 2.89. The lowest BCUT2D eigenvalue weighted by Crippen LogP contribution is -2.30. The molecule has 0 bridgehead atoms. The van der Waals surface area contributed by atoms with Crippen molar-refractivity contribution in [3.63, 3.8) is 0 Å². The third-order valence-electron chi connectivity index (χ3n) is 1.91. The normalized spacial score (nSPS) is 9.61. The van der Waals surface area contributed by atoms with E-state index in [0.29, 0.717) is 11.3 Å². The van der Waals surface area contributed by atoms with Gasteiger partial charge in [-0.3, -0.25) is 9.63 Å². The average Bonchev–Trinajstić information content (AvgIpc) is 2.29. The van der Waals surface area contributed by atoms with Gasteiger partial charge >= 0.3 is 12.0 Å². The molecule has 3 N–H and O–H groups in total. The Hall–Kier alpha value is -2.41. The van der Waals surface area contributed by atoms with Gasteiger partial charge in [-0.15, -0.1) is 0 Å². The number of carboxylic acids is 1. The Kier molecular flexibility index (Phi) is 4.82. The lowest BCUT2D eigenvalue weighted by atomic mass is 10.1. The summed E-state index contributed by atoms with van der Waals surface area (Å²) in [5.74, 6) is -1.27. The van der Waals surface area contributed by atoms with Crippen molar-refractivity contribution in [1.82, 2.24) is 5.48 Å². The van der Waals surface area contributed by atoms with Crippen molar-refractivity contribution < 1.29 is 24.3 Å². The van der Waals surface area contributed by atoms with E-state index in [4.69, 9.17) is 5.11 Å². The zero-order valence-corrected chi connectivity index (χ0v) is 9.60. The molecule has 96 valence electrons. The molecule has 7 nitrogen and oxygen atoms in total. The highest BCUT2D eigenvalue weighted by Crippen LogP contribution is 2.09. The van der Waals surface area contributed by atoms with Gasteiger partial charge in [0.05, 0.1) is 0 Å². The van der Waals surface area contributed by atoms with Crippen molar-refractivity contribution in [2.75, 3.05) is 11.9 Å². The fraction of sp³-hybridized carbons (Fsp3) is 0.182. The third kappa shape index (κ3) is 4.62. The first kappa shape index (κ1) is 13.7. The second-order valence-corrected chi connectivity index (χ2v) is 3.37.